The highest BCUT2D eigenvalue weighted by Crippen LogP contribution is 2.36. The van der Waals surface area contributed by atoms with Gasteiger partial charge >= 0.3 is 0 Å². The summed E-state index contributed by atoms with van der Waals surface area (Å²) in [6.07, 6.45) is 0.958. The Hall–Kier alpha value is -1.95. The van der Waals surface area contributed by atoms with Crippen molar-refractivity contribution in [2.75, 3.05) is 11.9 Å². The summed E-state index contributed by atoms with van der Waals surface area (Å²) in [5.41, 5.74) is 2.67. The molecule has 3 rings (SSSR count). The van der Waals surface area contributed by atoms with E-state index in [0.29, 0.717) is 18.2 Å². The lowest BCUT2D eigenvalue weighted by molar-refractivity contribution is -0.384. The number of rotatable bonds is 4. The van der Waals surface area contributed by atoms with Gasteiger partial charge in [-0.3, -0.25) is 10.1 Å². The summed E-state index contributed by atoms with van der Waals surface area (Å²) in [5, 5.41) is 14.1. The first-order chi connectivity index (χ1) is 10.1. The second-order valence-electron chi connectivity index (χ2n) is 5.02. The fraction of sp³-hybridized carbons (Fsp3) is 0.200. The molecule has 108 valence electrons. The summed E-state index contributed by atoms with van der Waals surface area (Å²) < 4.78 is 13.6. The Labute approximate surface area is 129 Å². The molecule has 1 aliphatic carbocycles. The van der Waals surface area contributed by atoms with Crippen molar-refractivity contribution in [3.63, 3.8) is 0 Å². The number of fused-ring (bicyclic) bond motifs is 1. The third kappa shape index (κ3) is 2.63. The van der Waals surface area contributed by atoms with Gasteiger partial charge in [0.25, 0.3) is 5.69 Å². The summed E-state index contributed by atoms with van der Waals surface area (Å²) in [5.74, 6) is -0.300. The summed E-state index contributed by atoms with van der Waals surface area (Å²) in [6, 6.07) is 10.5. The van der Waals surface area contributed by atoms with Gasteiger partial charge in [0.15, 0.2) is 0 Å². The molecule has 0 aromatic heterocycles. The van der Waals surface area contributed by atoms with E-state index in [1.165, 1.54) is 17.2 Å². The molecule has 0 saturated carbocycles. The number of anilines is 1. The van der Waals surface area contributed by atoms with Gasteiger partial charge in [0.2, 0.25) is 0 Å². The largest absolute Gasteiger partial charge is 0.379 e. The monoisotopic (exact) mass is 350 g/mol. The second kappa shape index (κ2) is 5.44. The number of benzene rings is 2. The predicted octanol–water partition coefficient (Wildman–Crippen LogP) is 4.25. The lowest BCUT2D eigenvalue weighted by atomic mass is 9.77. The van der Waals surface area contributed by atoms with Crippen LogP contribution in [0.2, 0.25) is 0 Å². The Morgan fingerprint density at radius 3 is 2.86 bits per heavy atom. The minimum Gasteiger partial charge on any atom is -0.379 e. The van der Waals surface area contributed by atoms with Gasteiger partial charge < -0.3 is 5.32 Å². The first-order valence-corrected chi connectivity index (χ1v) is 7.30. The predicted molar refractivity (Wildman–Crippen MR) is 82.1 cm³/mol. The van der Waals surface area contributed by atoms with Crippen LogP contribution in [0.25, 0.3) is 0 Å². The molecule has 2 aromatic rings. The van der Waals surface area contributed by atoms with E-state index in [4.69, 9.17) is 0 Å². The lowest BCUT2D eigenvalue weighted by Crippen LogP contribution is -2.24. The van der Waals surface area contributed by atoms with Crippen LogP contribution in [-0.4, -0.2) is 11.5 Å². The highest BCUT2D eigenvalue weighted by Gasteiger charge is 2.26. The van der Waals surface area contributed by atoms with Gasteiger partial charge in [0.05, 0.1) is 15.5 Å². The van der Waals surface area contributed by atoms with Crippen LogP contribution in [0, 0.1) is 15.9 Å². The molecule has 0 saturated heterocycles. The molecule has 0 aliphatic heterocycles. The highest BCUT2D eigenvalue weighted by atomic mass is 79.9. The first-order valence-electron chi connectivity index (χ1n) is 6.51. The molecule has 2 aromatic carbocycles. The number of halogens is 2. The Kier molecular flexibility index (Phi) is 3.63. The van der Waals surface area contributed by atoms with Crippen molar-refractivity contribution < 1.29 is 9.31 Å². The van der Waals surface area contributed by atoms with Gasteiger partial charge in [0.1, 0.15) is 11.5 Å². The fourth-order valence-electron chi connectivity index (χ4n) is 2.61. The fourth-order valence-corrected chi connectivity index (χ4v) is 2.95. The number of hydrogen-bond donors (Lipinski definition) is 1. The van der Waals surface area contributed by atoms with Crippen LogP contribution < -0.4 is 5.32 Å². The quantitative estimate of drug-likeness (QED) is 0.662. The summed E-state index contributed by atoms with van der Waals surface area (Å²) in [6.45, 7) is 0.593. The number of nitrogens with one attached hydrogen (secondary N) is 1. The van der Waals surface area contributed by atoms with Crippen molar-refractivity contribution >= 4 is 27.3 Å². The average molecular weight is 351 g/mol. The van der Waals surface area contributed by atoms with E-state index >= 15 is 0 Å². The normalized spacial score (nSPS) is 16.0. The molecule has 4 nitrogen and oxygen atoms in total. The number of nitro groups is 1. The molecule has 21 heavy (non-hydrogen) atoms. The molecule has 1 unspecified atom stereocenters. The maximum Gasteiger partial charge on any atom is 0.295 e. The van der Waals surface area contributed by atoms with Crippen LogP contribution in [0.15, 0.2) is 40.9 Å². The maximum absolute atomic E-state index is 13.4. The van der Waals surface area contributed by atoms with Crippen molar-refractivity contribution in [2.24, 2.45) is 0 Å². The molecule has 1 atom stereocenters. The van der Waals surface area contributed by atoms with E-state index in [-0.39, 0.29) is 10.2 Å². The Morgan fingerprint density at radius 2 is 2.14 bits per heavy atom. The van der Waals surface area contributed by atoms with E-state index in [1.54, 1.807) is 0 Å². The smallest absolute Gasteiger partial charge is 0.295 e. The lowest BCUT2D eigenvalue weighted by Gasteiger charge is -2.30. The Morgan fingerprint density at radius 1 is 1.38 bits per heavy atom. The molecule has 6 heteroatoms. The standard InChI is InChI=1S/C15H12BrFN2O2/c16-12-6-14(15(19(20)21)7-13(12)17)18-8-10-5-9-3-1-2-4-11(9)10/h1-4,6-7,10,18H,5,8H2. The molecule has 0 bridgehead atoms. The number of nitrogens with zero attached hydrogens (tertiary/aromatic N) is 1. The summed E-state index contributed by atoms with van der Waals surface area (Å²) in [7, 11) is 0. The van der Waals surface area contributed by atoms with E-state index in [1.807, 2.05) is 12.1 Å². The van der Waals surface area contributed by atoms with E-state index in [9.17, 15) is 14.5 Å². The van der Waals surface area contributed by atoms with Crippen molar-refractivity contribution in [1.29, 1.82) is 0 Å². The highest BCUT2D eigenvalue weighted by molar-refractivity contribution is 9.10. The van der Waals surface area contributed by atoms with Gasteiger partial charge in [-0.2, -0.15) is 0 Å². The third-order valence-electron chi connectivity index (χ3n) is 3.74. The molecule has 0 fully saturated rings. The second-order valence-corrected chi connectivity index (χ2v) is 5.88. The SMILES string of the molecule is O=[N+]([O-])c1cc(F)c(Br)cc1NCC1Cc2ccccc21. The average Bonchev–Trinajstić information content (AvgIpc) is 2.43. The van der Waals surface area contributed by atoms with E-state index < -0.39 is 10.7 Å². The van der Waals surface area contributed by atoms with Gasteiger partial charge in [-0.15, -0.1) is 0 Å². The molecule has 0 radical (unpaired) electrons. The van der Waals surface area contributed by atoms with Crippen LogP contribution in [0.3, 0.4) is 0 Å². The molecular weight excluding hydrogens is 339 g/mol. The summed E-state index contributed by atoms with van der Waals surface area (Å²) in [4.78, 5) is 10.4. The minimum absolute atomic E-state index is 0.213. The molecule has 1 aliphatic rings. The zero-order chi connectivity index (χ0) is 15.0. The van der Waals surface area contributed by atoms with Crippen LogP contribution in [-0.2, 0) is 6.42 Å². The Bertz CT molecular complexity index is 721. The topological polar surface area (TPSA) is 55.2 Å². The van der Waals surface area contributed by atoms with Crippen molar-refractivity contribution in [1.82, 2.24) is 0 Å². The van der Waals surface area contributed by atoms with Crippen LogP contribution in [0.4, 0.5) is 15.8 Å². The van der Waals surface area contributed by atoms with Crippen molar-refractivity contribution in [2.45, 2.75) is 12.3 Å². The van der Waals surface area contributed by atoms with Gasteiger partial charge in [0, 0.05) is 12.5 Å². The van der Waals surface area contributed by atoms with Crippen molar-refractivity contribution in [3.05, 3.63) is 67.9 Å². The molecule has 0 heterocycles. The number of hydrogen-bond acceptors (Lipinski definition) is 3. The first kappa shape index (κ1) is 14.0. The van der Waals surface area contributed by atoms with E-state index in [2.05, 4.69) is 33.4 Å². The van der Waals surface area contributed by atoms with Crippen LogP contribution in [0.1, 0.15) is 17.0 Å². The molecular formula is C15H12BrFN2O2. The number of nitro benzene ring substituents is 1. The van der Waals surface area contributed by atoms with Gasteiger partial charge in [-0.05, 0) is 39.5 Å². The van der Waals surface area contributed by atoms with Crippen molar-refractivity contribution in [3.8, 4) is 0 Å². The molecule has 1 N–H and O–H groups in total. The molecule has 0 spiro atoms. The zero-order valence-electron chi connectivity index (χ0n) is 11.0. The maximum atomic E-state index is 13.4. The minimum atomic E-state index is -0.638. The van der Waals surface area contributed by atoms with Crippen LogP contribution >= 0.6 is 15.9 Å². The summed E-state index contributed by atoms with van der Waals surface area (Å²) >= 11 is 3.06. The van der Waals surface area contributed by atoms with Gasteiger partial charge in [-0.1, -0.05) is 24.3 Å². The third-order valence-corrected chi connectivity index (χ3v) is 4.34. The van der Waals surface area contributed by atoms with E-state index in [0.717, 1.165) is 12.5 Å². The Balaban J connectivity index is 1.77. The zero-order valence-corrected chi connectivity index (χ0v) is 12.6. The van der Waals surface area contributed by atoms with Gasteiger partial charge in [-0.25, -0.2) is 4.39 Å². The molecule has 0 amide bonds. The van der Waals surface area contributed by atoms with Crippen LogP contribution in [0.5, 0.6) is 0 Å².